The summed E-state index contributed by atoms with van der Waals surface area (Å²) in [4.78, 5) is 13.0. The van der Waals surface area contributed by atoms with E-state index in [9.17, 15) is 13.2 Å². The lowest BCUT2D eigenvalue weighted by molar-refractivity contribution is -0.117. The van der Waals surface area contributed by atoms with Crippen molar-refractivity contribution in [1.82, 2.24) is 4.72 Å². The second kappa shape index (κ2) is 11.7. The number of sulfonamides is 1. The van der Waals surface area contributed by atoms with Crippen molar-refractivity contribution in [2.24, 2.45) is 0 Å². The summed E-state index contributed by atoms with van der Waals surface area (Å²) in [5.41, 5.74) is 2.60. The molecule has 0 saturated heterocycles. The summed E-state index contributed by atoms with van der Waals surface area (Å²) in [5, 5.41) is 3.07. The van der Waals surface area contributed by atoms with Gasteiger partial charge in [0.15, 0.2) is 0 Å². The number of unbranched alkanes of at least 4 members (excludes halogenated alkanes) is 1. The van der Waals surface area contributed by atoms with Crippen molar-refractivity contribution in [1.29, 1.82) is 0 Å². The number of amides is 1. The minimum atomic E-state index is -4.11. The van der Waals surface area contributed by atoms with Crippen molar-refractivity contribution in [3.05, 3.63) is 94.0 Å². The Balaban J connectivity index is 1.83. The summed E-state index contributed by atoms with van der Waals surface area (Å²) >= 11 is 12.1. The van der Waals surface area contributed by atoms with Gasteiger partial charge in [-0.25, -0.2) is 8.42 Å². The summed E-state index contributed by atoms with van der Waals surface area (Å²) in [6, 6.07) is 19.9. The number of rotatable bonds is 10. The molecule has 3 rings (SSSR count). The van der Waals surface area contributed by atoms with Crippen LogP contribution < -0.4 is 10.0 Å². The molecular formula is C25H26Cl2N2O3S. The Kier molecular flexibility index (Phi) is 8.92. The van der Waals surface area contributed by atoms with Crippen molar-refractivity contribution >= 4 is 44.8 Å². The zero-order valence-electron chi connectivity index (χ0n) is 18.2. The van der Waals surface area contributed by atoms with Gasteiger partial charge in [-0.1, -0.05) is 79.0 Å². The Morgan fingerprint density at radius 1 is 0.939 bits per heavy atom. The van der Waals surface area contributed by atoms with E-state index in [-0.39, 0.29) is 21.4 Å². The maximum absolute atomic E-state index is 13.1. The summed E-state index contributed by atoms with van der Waals surface area (Å²) in [7, 11) is -4.11. The number of hydrogen-bond donors (Lipinski definition) is 2. The first kappa shape index (κ1) is 25.2. The molecule has 8 heteroatoms. The number of aryl methyl sites for hydroxylation is 1. The molecular weight excluding hydrogens is 479 g/mol. The Labute approximate surface area is 205 Å². The van der Waals surface area contributed by atoms with Crippen molar-refractivity contribution in [3.63, 3.8) is 0 Å². The van der Waals surface area contributed by atoms with Gasteiger partial charge in [0.1, 0.15) is 10.9 Å². The van der Waals surface area contributed by atoms with Gasteiger partial charge in [-0.15, -0.1) is 0 Å². The highest BCUT2D eigenvalue weighted by Gasteiger charge is 2.28. The predicted octanol–water partition coefficient (Wildman–Crippen LogP) is 5.86. The molecule has 1 amide bonds. The molecule has 0 fully saturated rings. The van der Waals surface area contributed by atoms with Crippen LogP contribution >= 0.6 is 23.2 Å². The van der Waals surface area contributed by atoms with Gasteiger partial charge in [-0.05, 0) is 60.7 Å². The monoisotopic (exact) mass is 504 g/mol. The van der Waals surface area contributed by atoms with E-state index in [1.165, 1.54) is 23.8 Å². The molecule has 0 aliphatic heterocycles. The van der Waals surface area contributed by atoms with E-state index >= 15 is 0 Å². The van der Waals surface area contributed by atoms with Gasteiger partial charge in [0.25, 0.3) is 0 Å². The topological polar surface area (TPSA) is 75.3 Å². The van der Waals surface area contributed by atoms with Crippen LogP contribution in [0.5, 0.6) is 0 Å². The lowest BCUT2D eigenvalue weighted by atomic mass is 10.1. The van der Waals surface area contributed by atoms with E-state index in [1.54, 1.807) is 0 Å². The van der Waals surface area contributed by atoms with Gasteiger partial charge in [-0.2, -0.15) is 4.72 Å². The van der Waals surface area contributed by atoms with Gasteiger partial charge in [0, 0.05) is 10.7 Å². The molecule has 2 N–H and O–H groups in total. The second-order valence-electron chi connectivity index (χ2n) is 7.73. The molecule has 0 aromatic heterocycles. The molecule has 0 radical (unpaired) electrons. The van der Waals surface area contributed by atoms with Crippen LogP contribution in [0.1, 0.15) is 30.9 Å². The quantitative estimate of drug-likeness (QED) is 0.362. The fraction of sp³-hybridized carbons (Fsp3) is 0.240. The van der Waals surface area contributed by atoms with Crippen LogP contribution in [0.2, 0.25) is 10.0 Å². The third-order valence-electron chi connectivity index (χ3n) is 5.12. The van der Waals surface area contributed by atoms with E-state index in [1.807, 2.05) is 54.6 Å². The molecule has 0 spiro atoms. The van der Waals surface area contributed by atoms with E-state index < -0.39 is 22.0 Å². The number of anilines is 1. The summed E-state index contributed by atoms with van der Waals surface area (Å²) in [6.07, 6.45) is 3.34. The zero-order valence-corrected chi connectivity index (χ0v) is 20.6. The maximum Gasteiger partial charge on any atom is 0.242 e. The third-order valence-corrected chi connectivity index (χ3v) is 7.31. The normalized spacial score (nSPS) is 12.3. The van der Waals surface area contributed by atoms with Gasteiger partial charge in [-0.3, -0.25) is 4.79 Å². The highest BCUT2D eigenvalue weighted by atomic mass is 35.5. The molecule has 0 bridgehead atoms. The number of carbonyl (C=O) groups is 1. The Hall–Kier alpha value is -2.38. The van der Waals surface area contributed by atoms with Crippen molar-refractivity contribution in [2.75, 3.05) is 5.32 Å². The fourth-order valence-corrected chi connectivity index (χ4v) is 5.29. The first-order valence-corrected chi connectivity index (χ1v) is 12.9. The van der Waals surface area contributed by atoms with Crippen LogP contribution in [0, 0.1) is 0 Å². The zero-order chi connectivity index (χ0) is 23.8. The molecule has 0 saturated carbocycles. The molecule has 33 heavy (non-hydrogen) atoms. The molecule has 0 aliphatic rings. The lowest BCUT2D eigenvalue weighted by Crippen LogP contribution is -2.45. The Morgan fingerprint density at radius 3 is 2.30 bits per heavy atom. The van der Waals surface area contributed by atoms with E-state index in [0.29, 0.717) is 5.69 Å². The molecule has 3 aromatic rings. The van der Waals surface area contributed by atoms with E-state index in [2.05, 4.69) is 17.0 Å². The van der Waals surface area contributed by atoms with Crippen LogP contribution in [-0.4, -0.2) is 20.4 Å². The standard InChI is InChI=1S/C25H26Cl2N2O3S/c1-2-3-7-18-10-13-21(14-11-18)28-25(30)23(16-19-8-5-4-6-9-19)29-33(31,32)24-17-20(26)12-15-22(24)27/h4-6,8-15,17,23,29H,2-3,7,16H2,1H3,(H,28,30)/t23-/m1/s1. The fourth-order valence-electron chi connectivity index (χ4n) is 3.34. The lowest BCUT2D eigenvalue weighted by Gasteiger charge is -2.19. The highest BCUT2D eigenvalue weighted by Crippen LogP contribution is 2.25. The number of nitrogens with one attached hydrogen (secondary N) is 2. The summed E-state index contributed by atoms with van der Waals surface area (Å²) in [6.45, 7) is 2.14. The SMILES string of the molecule is CCCCc1ccc(NC(=O)[C@@H](Cc2ccccc2)NS(=O)(=O)c2cc(Cl)ccc2Cl)cc1. The van der Waals surface area contributed by atoms with Crippen LogP contribution in [0.4, 0.5) is 5.69 Å². The average molecular weight is 505 g/mol. The average Bonchev–Trinajstić information content (AvgIpc) is 2.80. The van der Waals surface area contributed by atoms with Crippen molar-refractivity contribution < 1.29 is 13.2 Å². The Bertz CT molecular complexity index is 1180. The smallest absolute Gasteiger partial charge is 0.242 e. The summed E-state index contributed by atoms with van der Waals surface area (Å²) in [5.74, 6) is -0.470. The van der Waals surface area contributed by atoms with Crippen LogP contribution in [-0.2, 0) is 27.7 Å². The van der Waals surface area contributed by atoms with Gasteiger partial charge >= 0.3 is 0 Å². The predicted molar refractivity (Wildman–Crippen MR) is 134 cm³/mol. The van der Waals surface area contributed by atoms with Crippen LogP contribution in [0.3, 0.4) is 0 Å². The van der Waals surface area contributed by atoms with Crippen LogP contribution in [0.15, 0.2) is 77.7 Å². The molecule has 174 valence electrons. The minimum absolute atomic E-state index is 0.0217. The third kappa shape index (κ3) is 7.30. The first-order chi connectivity index (χ1) is 15.8. The molecule has 5 nitrogen and oxygen atoms in total. The van der Waals surface area contributed by atoms with Gasteiger partial charge < -0.3 is 5.32 Å². The molecule has 0 aliphatic carbocycles. The molecule has 0 unspecified atom stereocenters. The second-order valence-corrected chi connectivity index (χ2v) is 10.3. The van der Waals surface area contributed by atoms with Crippen molar-refractivity contribution in [3.8, 4) is 0 Å². The number of halogens is 2. The van der Waals surface area contributed by atoms with E-state index in [0.717, 1.165) is 24.8 Å². The number of hydrogen-bond acceptors (Lipinski definition) is 3. The first-order valence-electron chi connectivity index (χ1n) is 10.7. The minimum Gasteiger partial charge on any atom is -0.325 e. The van der Waals surface area contributed by atoms with Crippen molar-refractivity contribution in [2.45, 2.75) is 43.5 Å². The maximum atomic E-state index is 13.1. The highest BCUT2D eigenvalue weighted by molar-refractivity contribution is 7.89. The van der Waals surface area contributed by atoms with E-state index in [4.69, 9.17) is 23.2 Å². The van der Waals surface area contributed by atoms with Gasteiger partial charge in [0.2, 0.25) is 15.9 Å². The molecule has 0 heterocycles. The molecule has 1 atom stereocenters. The number of carbonyl (C=O) groups excluding carboxylic acids is 1. The van der Waals surface area contributed by atoms with Gasteiger partial charge in [0.05, 0.1) is 5.02 Å². The van der Waals surface area contributed by atoms with Crippen LogP contribution in [0.25, 0.3) is 0 Å². The largest absolute Gasteiger partial charge is 0.325 e. The molecule has 3 aromatic carbocycles. The number of benzene rings is 3. The summed E-state index contributed by atoms with van der Waals surface area (Å²) < 4.78 is 28.6. The Morgan fingerprint density at radius 2 is 1.64 bits per heavy atom.